The fourth-order valence-electron chi connectivity index (χ4n) is 11.2. The zero-order valence-electron chi connectivity index (χ0n) is 44.2. The summed E-state index contributed by atoms with van der Waals surface area (Å²) in [6.45, 7) is 4.12. The van der Waals surface area contributed by atoms with Crippen LogP contribution in [0.2, 0.25) is 0 Å². The van der Waals surface area contributed by atoms with Gasteiger partial charge in [0.15, 0.2) is 0 Å². The van der Waals surface area contributed by atoms with Gasteiger partial charge in [-0.15, -0.1) is 71.9 Å². The second-order valence-corrected chi connectivity index (χ2v) is 19.9. The molecule has 84 heavy (non-hydrogen) atoms. The first-order valence-electron chi connectivity index (χ1n) is 26.8. The number of ether oxygens (including phenoxy) is 2. The number of hydrogen-bond acceptors (Lipinski definition) is 10. The number of aromatic nitrogens is 2. The van der Waals surface area contributed by atoms with Crippen molar-refractivity contribution in [2.24, 2.45) is 0 Å². The van der Waals surface area contributed by atoms with Crippen LogP contribution < -0.4 is 29.1 Å². The molecule has 0 bridgehead atoms. The van der Waals surface area contributed by atoms with Gasteiger partial charge >= 0.3 is 0 Å². The summed E-state index contributed by atoms with van der Waals surface area (Å²) < 4.78 is 26.0. The van der Waals surface area contributed by atoms with Crippen molar-refractivity contribution in [3.05, 3.63) is 281 Å². The molecular formula is C72H42N6O4Pt2-6. The maximum atomic E-state index is 6.66. The number of pyridine rings is 2. The van der Waals surface area contributed by atoms with E-state index in [1.54, 1.807) is 12.4 Å². The number of furan rings is 2. The summed E-state index contributed by atoms with van der Waals surface area (Å²) >= 11 is 0. The van der Waals surface area contributed by atoms with Gasteiger partial charge in [-0.2, -0.15) is 12.1 Å². The SMILES string of the molecule is [Pt].[Pt].[c-]1c(Oc2[c-]c3c(ccc4cccnc43)c3oc4ccccc4c23)cccc1N1C=CN(c2ccccc2)[CH-]1.[c-]1c(Oc2[c-]c3c(ccc4cccnc43)c3oc4ccccc4c23)cccc1N1[CH-]N(c2ccccc2)c2ccccc21. The molecule has 0 aliphatic carbocycles. The van der Waals surface area contributed by atoms with E-state index in [1.165, 1.54) is 0 Å². The number of hydrogen-bond donors (Lipinski definition) is 0. The minimum absolute atomic E-state index is 0. The quantitative estimate of drug-likeness (QED) is 0.108. The van der Waals surface area contributed by atoms with Crippen LogP contribution in [0.5, 0.6) is 23.0 Å². The average Bonchev–Trinajstić information content (AvgIpc) is 4.17. The molecular weight excluding hydrogens is 1400 g/mol. The predicted molar refractivity (Wildman–Crippen MR) is 328 cm³/mol. The Bertz CT molecular complexity index is 5010. The zero-order chi connectivity index (χ0) is 54.1. The van der Waals surface area contributed by atoms with E-state index in [9.17, 15) is 0 Å². The Balaban J connectivity index is 0.000000147. The minimum atomic E-state index is 0. The van der Waals surface area contributed by atoms with Crippen molar-refractivity contribution in [3.63, 3.8) is 0 Å². The summed E-state index contributed by atoms with van der Waals surface area (Å²) in [6.07, 6.45) is 7.63. The number of anilines is 6. The van der Waals surface area contributed by atoms with Crippen LogP contribution in [-0.2, 0) is 42.1 Å². The largest absolute Gasteiger partial charge is 0.502 e. The molecule has 0 radical (unpaired) electrons. The van der Waals surface area contributed by atoms with Crippen LogP contribution in [-0.4, -0.2) is 9.97 Å². The van der Waals surface area contributed by atoms with Gasteiger partial charge in [-0.05, 0) is 116 Å². The third kappa shape index (κ3) is 9.15. The summed E-state index contributed by atoms with van der Waals surface area (Å²) in [5, 5.41) is 9.41. The van der Waals surface area contributed by atoms with Gasteiger partial charge in [-0.1, -0.05) is 144 Å². The number of para-hydroxylation sites is 6. The van der Waals surface area contributed by atoms with E-state index in [4.69, 9.17) is 18.3 Å². The number of rotatable bonds is 8. The van der Waals surface area contributed by atoms with Crippen LogP contribution in [0.3, 0.4) is 0 Å². The minimum Gasteiger partial charge on any atom is -0.502 e. The van der Waals surface area contributed by atoms with Gasteiger partial charge in [0.25, 0.3) is 0 Å². The predicted octanol–water partition coefficient (Wildman–Crippen LogP) is 18.7. The van der Waals surface area contributed by atoms with Gasteiger partial charge in [-0.3, -0.25) is 0 Å². The second kappa shape index (κ2) is 21.9. The summed E-state index contributed by atoms with van der Waals surface area (Å²) in [5.41, 5.74) is 10.9. The normalized spacial score (nSPS) is 12.8. The van der Waals surface area contributed by atoms with Gasteiger partial charge in [0.1, 0.15) is 11.2 Å². The molecule has 15 aromatic rings. The van der Waals surface area contributed by atoms with Crippen molar-refractivity contribution in [2.45, 2.75) is 0 Å². The van der Waals surface area contributed by atoms with Crippen LogP contribution in [0.25, 0.3) is 87.2 Å². The van der Waals surface area contributed by atoms with E-state index in [0.29, 0.717) is 23.0 Å². The average molecular weight is 1450 g/mol. The van der Waals surface area contributed by atoms with Crippen molar-refractivity contribution in [1.29, 1.82) is 0 Å². The molecule has 0 saturated heterocycles. The maximum Gasteiger partial charge on any atom is 0.123 e. The van der Waals surface area contributed by atoms with Crippen LogP contribution in [0.15, 0.2) is 252 Å². The standard InChI is InChI=1S/C38H22N3O2.C34H20N3O2.2Pt/c1-2-11-26(12-3-1)40-24-41(33-17-6-5-16-32(33)40)27-13-8-14-28(22-27)42-35-23-31-29(20-19-25-10-9-21-39-37(25)31)38-36(35)30-15-4-7-18-34(30)43-38;1-2-9-24(10-3-1)36-18-19-37(22-36)25-11-6-12-26(20-25)38-31-21-29-27(16-15-23-8-7-17-35-33(23)29)34-32(31)28-13-4-5-14-30(28)39-34;;/h1-21,24H;1-19,22H;;/q2*-3;;. The monoisotopic (exact) mass is 1440 g/mol. The molecule has 0 amide bonds. The summed E-state index contributed by atoms with van der Waals surface area (Å²) in [5.74, 6) is 2.33. The first kappa shape index (κ1) is 52.4. The molecule has 10 nitrogen and oxygen atoms in total. The van der Waals surface area contributed by atoms with E-state index in [-0.39, 0.29) is 42.1 Å². The number of nitrogens with zero attached hydrogens (tertiary/aromatic N) is 6. The van der Waals surface area contributed by atoms with Gasteiger partial charge in [-0.25, -0.2) is 0 Å². The molecule has 2 aliphatic heterocycles. The van der Waals surface area contributed by atoms with Gasteiger partial charge in [0.2, 0.25) is 0 Å². The van der Waals surface area contributed by atoms with Crippen molar-refractivity contribution in [3.8, 4) is 23.0 Å². The summed E-state index contributed by atoms with van der Waals surface area (Å²) in [7, 11) is 0. The Kier molecular flexibility index (Phi) is 13.6. The molecule has 17 rings (SSSR count). The molecule has 0 fully saturated rings. The number of fused-ring (bicyclic) bond motifs is 15. The van der Waals surface area contributed by atoms with E-state index in [2.05, 4.69) is 153 Å². The Morgan fingerprint density at radius 1 is 0.381 bits per heavy atom. The fourth-order valence-corrected chi connectivity index (χ4v) is 11.2. The Morgan fingerprint density at radius 3 is 1.45 bits per heavy atom. The molecule has 12 heteroatoms. The van der Waals surface area contributed by atoms with Crippen molar-refractivity contribution >= 4 is 121 Å². The van der Waals surface area contributed by atoms with Gasteiger partial charge < -0.3 is 47.9 Å². The van der Waals surface area contributed by atoms with Crippen LogP contribution >= 0.6 is 0 Å². The van der Waals surface area contributed by atoms with Crippen molar-refractivity contribution in [1.82, 2.24) is 9.97 Å². The second-order valence-electron chi connectivity index (χ2n) is 19.9. The van der Waals surface area contributed by atoms with Crippen LogP contribution in [0, 0.1) is 37.6 Å². The van der Waals surface area contributed by atoms with Crippen LogP contribution in [0.1, 0.15) is 0 Å². The third-order valence-corrected chi connectivity index (χ3v) is 15.0. The Labute approximate surface area is 511 Å². The molecule has 0 saturated carbocycles. The van der Waals surface area contributed by atoms with E-state index in [1.807, 2.05) is 145 Å². The third-order valence-electron chi connectivity index (χ3n) is 15.0. The maximum absolute atomic E-state index is 6.66. The number of benzene rings is 11. The van der Waals surface area contributed by atoms with Gasteiger partial charge in [0.05, 0.1) is 22.7 Å². The Hall–Kier alpha value is -9.72. The summed E-state index contributed by atoms with van der Waals surface area (Å²) in [4.78, 5) is 17.8. The summed E-state index contributed by atoms with van der Waals surface area (Å²) in [6, 6.07) is 87.2. The molecule has 2 aliphatic rings. The van der Waals surface area contributed by atoms with Crippen molar-refractivity contribution < 1.29 is 60.4 Å². The molecule has 410 valence electrons. The smallest absolute Gasteiger partial charge is 0.123 e. The molecule has 4 aromatic heterocycles. The first-order chi connectivity index (χ1) is 40.6. The topological polar surface area (TPSA) is 83.5 Å². The fraction of sp³-hybridized carbons (Fsp3) is 0. The molecule has 0 unspecified atom stereocenters. The molecule has 0 spiro atoms. The van der Waals surface area contributed by atoms with E-state index < -0.39 is 0 Å². The zero-order valence-corrected chi connectivity index (χ0v) is 48.7. The molecule has 11 aromatic carbocycles. The first-order valence-corrected chi connectivity index (χ1v) is 26.8. The van der Waals surface area contributed by atoms with E-state index >= 15 is 0 Å². The van der Waals surface area contributed by atoms with Crippen LogP contribution in [0.4, 0.5) is 34.1 Å². The molecule has 0 N–H and O–H groups in total. The van der Waals surface area contributed by atoms with Crippen molar-refractivity contribution in [2.75, 3.05) is 19.6 Å². The molecule has 0 atom stereocenters. The molecule has 6 heterocycles. The van der Waals surface area contributed by atoms with E-state index in [0.717, 1.165) is 121 Å². The Morgan fingerprint density at radius 2 is 0.869 bits per heavy atom. The van der Waals surface area contributed by atoms with Gasteiger partial charge in [0, 0.05) is 88.8 Å².